The Balaban J connectivity index is 1.27. The summed E-state index contributed by atoms with van der Waals surface area (Å²) in [5.41, 5.74) is 1.27. The number of hydrogen-bond donors (Lipinski definition) is 0. The van der Waals surface area contributed by atoms with Gasteiger partial charge in [-0.3, -0.25) is 9.59 Å². The van der Waals surface area contributed by atoms with Crippen molar-refractivity contribution in [1.29, 1.82) is 0 Å². The van der Waals surface area contributed by atoms with Crippen molar-refractivity contribution in [3.8, 4) is 17.2 Å². The third kappa shape index (κ3) is 3.59. The highest BCUT2D eigenvalue weighted by Gasteiger charge is 2.47. The summed E-state index contributed by atoms with van der Waals surface area (Å²) in [6.07, 6.45) is 1.52. The number of carbonyl (C=O) groups excluding carboxylic acids is 2. The van der Waals surface area contributed by atoms with Crippen molar-refractivity contribution in [3.05, 3.63) is 53.6 Å². The van der Waals surface area contributed by atoms with E-state index in [0.29, 0.717) is 35.7 Å². The summed E-state index contributed by atoms with van der Waals surface area (Å²) in [5.74, 6) is 2.97. The van der Waals surface area contributed by atoms with Crippen molar-refractivity contribution in [2.24, 2.45) is 0 Å². The fourth-order valence-corrected chi connectivity index (χ4v) is 5.93. The maximum Gasteiger partial charge on any atom is 0.255 e. The number of rotatable bonds is 3. The van der Waals surface area contributed by atoms with Crippen LogP contribution in [0.3, 0.4) is 0 Å². The van der Waals surface area contributed by atoms with Crippen molar-refractivity contribution in [2.75, 3.05) is 39.3 Å². The average Bonchev–Trinajstić information content (AvgIpc) is 3.45. The number of amides is 2. The Morgan fingerprint density at radius 2 is 1.65 bits per heavy atom. The van der Waals surface area contributed by atoms with E-state index >= 15 is 0 Å². The van der Waals surface area contributed by atoms with E-state index < -0.39 is 0 Å². The standard InChI is InChI=1S/C23H24N2O5S/c1-28-18-5-2-16(3-6-18)22(27)25-12-13-31-23(25)8-10-24(11-9-23)21(26)17-4-7-19-20(14-17)30-15-29-19/h2-7,14H,8-13,15H2,1H3. The van der Waals surface area contributed by atoms with Gasteiger partial charge in [-0.15, -0.1) is 11.8 Å². The van der Waals surface area contributed by atoms with Crippen LogP contribution in [0.25, 0.3) is 0 Å². The minimum Gasteiger partial charge on any atom is -0.497 e. The Labute approximate surface area is 185 Å². The molecule has 2 aromatic carbocycles. The average molecular weight is 441 g/mol. The lowest BCUT2D eigenvalue weighted by Crippen LogP contribution is -2.53. The van der Waals surface area contributed by atoms with Crippen LogP contribution in [0.1, 0.15) is 33.6 Å². The fraction of sp³-hybridized carbons (Fsp3) is 0.391. The van der Waals surface area contributed by atoms with Crippen molar-refractivity contribution >= 4 is 23.6 Å². The highest BCUT2D eigenvalue weighted by atomic mass is 32.2. The minimum atomic E-state index is -0.247. The molecular weight excluding hydrogens is 416 g/mol. The molecule has 2 saturated heterocycles. The van der Waals surface area contributed by atoms with Gasteiger partial charge < -0.3 is 24.0 Å². The summed E-state index contributed by atoms with van der Waals surface area (Å²) in [7, 11) is 1.61. The SMILES string of the molecule is COc1ccc(C(=O)N2CCSC23CCN(C(=O)c2ccc4c(c2)OCO4)CC3)cc1. The molecule has 3 aliphatic heterocycles. The molecule has 5 rings (SSSR count). The predicted octanol–water partition coefficient (Wildman–Crippen LogP) is 3.25. The topological polar surface area (TPSA) is 68.3 Å². The van der Waals surface area contributed by atoms with Crippen LogP contribution >= 0.6 is 11.8 Å². The van der Waals surface area contributed by atoms with E-state index in [1.54, 1.807) is 25.3 Å². The number of hydrogen-bond acceptors (Lipinski definition) is 6. The van der Waals surface area contributed by atoms with E-state index in [-0.39, 0.29) is 23.5 Å². The quantitative estimate of drug-likeness (QED) is 0.730. The molecule has 0 unspecified atom stereocenters. The van der Waals surface area contributed by atoms with Crippen molar-refractivity contribution < 1.29 is 23.8 Å². The van der Waals surface area contributed by atoms with E-state index in [9.17, 15) is 9.59 Å². The lowest BCUT2D eigenvalue weighted by Gasteiger charge is -2.44. The van der Waals surface area contributed by atoms with Gasteiger partial charge in [-0.1, -0.05) is 0 Å². The van der Waals surface area contributed by atoms with E-state index in [1.165, 1.54) is 0 Å². The zero-order valence-electron chi connectivity index (χ0n) is 17.3. The maximum absolute atomic E-state index is 13.2. The highest BCUT2D eigenvalue weighted by molar-refractivity contribution is 8.00. The van der Waals surface area contributed by atoms with Gasteiger partial charge in [0.15, 0.2) is 11.5 Å². The molecule has 2 amide bonds. The Kier molecular flexibility index (Phi) is 5.17. The van der Waals surface area contributed by atoms with Crippen LogP contribution in [-0.2, 0) is 0 Å². The normalized spacial score (nSPS) is 19.0. The molecule has 162 valence electrons. The molecule has 0 aromatic heterocycles. The van der Waals surface area contributed by atoms with E-state index in [0.717, 1.165) is 30.9 Å². The molecular formula is C23H24N2O5S. The number of nitrogens with zero attached hydrogens (tertiary/aromatic N) is 2. The first kappa shape index (κ1) is 20.1. The van der Waals surface area contributed by atoms with Crippen molar-refractivity contribution in [2.45, 2.75) is 17.7 Å². The van der Waals surface area contributed by atoms with Gasteiger partial charge in [0.1, 0.15) is 5.75 Å². The van der Waals surface area contributed by atoms with Gasteiger partial charge in [0, 0.05) is 36.5 Å². The predicted molar refractivity (Wildman–Crippen MR) is 117 cm³/mol. The zero-order chi connectivity index (χ0) is 21.4. The zero-order valence-corrected chi connectivity index (χ0v) is 18.2. The second-order valence-corrected chi connectivity index (χ2v) is 9.30. The van der Waals surface area contributed by atoms with Gasteiger partial charge in [-0.05, 0) is 55.3 Å². The van der Waals surface area contributed by atoms with Crippen molar-refractivity contribution in [1.82, 2.24) is 9.80 Å². The van der Waals surface area contributed by atoms with E-state index in [1.807, 2.05) is 45.8 Å². The number of ether oxygens (including phenoxy) is 3. The molecule has 0 atom stereocenters. The lowest BCUT2D eigenvalue weighted by atomic mass is 10.00. The second kappa shape index (κ2) is 8.00. The molecule has 2 aromatic rings. The Bertz CT molecular complexity index is 1000. The smallest absolute Gasteiger partial charge is 0.255 e. The second-order valence-electron chi connectivity index (χ2n) is 7.84. The summed E-state index contributed by atoms with van der Waals surface area (Å²) >= 11 is 1.84. The van der Waals surface area contributed by atoms with Gasteiger partial charge in [0.2, 0.25) is 6.79 Å². The maximum atomic E-state index is 13.2. The molecule has 3 aliphatic rings. The number of piperidine rings is 1. The van der Waals surface area contributed by atoms with Crippen LogP contribution in [0.5, 0.6) is 17.2 Å². The molecule has 1 spiro atoms. The van der Waals surface area contributed by atoms with Crippen LogP contribution < -0.4 is 14.2 Å². The number of benzene rings is 2. The number of likely N-dealkylation sites (tertiary alicyclic amines) is 1. The molecule has 7 nitrogen and oxygen atoms in total. The number of fused-ring (bicyclic) bond motifs is 1. The van der Waals surface area contributed by atoms with E-state index in [4.69, 9.17) is 14.2 Å². The van der Waals surface area contributed by atoms with Crippen molar-refractivity contribution in [3.63, 3.8) is 0 Å². The van der Waals surface area contributed by atoms with Crippen LogP contribution in [0, 0.1) is 0 Å². The lowest BCUT2D eigenvalue weighted by molar-refractivity contribution is 0.0497. The third-order valence-corrected chi connectivity index (χ3v) is 7.76. The summed E-state index contributed by atoms with van der Waals surface area (Å²) < 4.78 is 15.9. The third-order valence-electron chi connectivity index (χ3n) is 6.21. The van der Waals surface area contributed by atoms with Gasteiger partial charge >= 0.3 is 0 Å². The number of methoxy groups -OCH3 is 1. The van der Waals surface area contributed by atoms with Gasteiger partial charge in [-0.2, -0.15) is 0 Å². The summed E-state index contributed by atoms with van der Waals surface area (Å²) in [6.45, 7) is 2.15. The molecule has 0 saturated carbocycles. The first-order valence-corrected chi connectivity index (χ1v) is 11.4. The fourth-order valence-electron chi connectivity index (χ4n) is 4.47. The Hall–Kier alpha value is -2.87. The van der Waals surface area contributed by atoms with Gasteiger partial charge in [-0.25, -0.2) is 0 Å². The van der Waals surface area contributed by atoms with Crippen LogP contribution in [0.4, 0.5) is 0 Å². The first-order valence-electron chi connectivity index (χ1n) is 10.4. The largest absolute Gasteiger partial charge is 0.497 e. The number of carbonyl (C=O) groups is 2. The Morgan fingerprint density at radius 3 is 2.39 bits per heavy atom. The molecule has 0 bridgehead atoms. The molecule has 0 N–H and O–H groups in total. The molecule has 3 heterocycles. The minimum absolute atomic E-state index is 0.0100. The van der Waals surface area contributed by atoms with E-state index in [2.05, 4.69) is 0 Å². The van der Waals surface area contributed by atoms with Crippen LogP contribution in [0.15, 0.2) is 42.5 Å². The summed E-state index contributed by atoms with van der Waals surface area (Å²) in [5, 5.41) is 0. The highest BCUT2D eigenvalue weighted by Crippen LogP contribution is 2.45. The Morgan fingerprint density at radius 1 is 0.935 bits per heavy atom. The monoisotopic (exact) mass is 440 g/mol. The van der Waals surface area contributed by atoms with Gasteiger partial charge in [0.25, 0.3) is 11.8 Å². The molecule has 31 heavy (non-hydrogen) atoms. The van der Waals surface area contributed by atoms with Crippen LogP contribution in [0.2, 0.25) is 0 Å². The molecule has 0 radical (unpaired) electrons. The number of thioether (sulfide) groups is 1. The molecule has 0 aliphatic carbocycles. The first-order chi connectivity index (χ1) is 15.1. The summed E-state index contributed by atoms with van der Waals surface area (Å²) in [6, 6.07) is 12.6. The van der Waals surface area contributed by atoms with Gasteiger partial charge in [0.05, 0.1) is 12.0 Å². The van der Waals surface area contributed by atoms with Crippen LogP contribution in [-0.4, -0.2) is 65.8 Å². The molecule has 8 heteroatoms. The summed E-state index contributed by atoms with van der Waals surface area (Å²) in [4.78, 5) is 29.9. The molecule has 2 fully saturated rings.